The lowest BCUT2D eigenvalue weighted by atomic mass is 10.1. The number of likely N-dealkylation sites (N-methyl/N-ethyl adjacent to an activating group) is 1. The van der Waals surface area contributed by atoms with Gasteiger partial charge in [0.25, 0.3) is 5.91 Å². The molecule has 144 valence electrons. The van der Waals surface area contributed by atoms with Crippen LogP contribution in [0.2, 0.25) is 0 Å². The van der Waals surface area contributed by atoms with Crippen molar-refractivity contribution in [2.24, 2.45) is 5.73 Å². The van der Waals surface area contributed by atoms with Gasteiger partial charge in [-0.1, -0.05) is 0 Å². The summed E-state index contributed by atoms with van der Waals surface area (Å²) < 4.78 is 11.0. The summed E-state index contributed by atoms with van der Waals surface area (Å²) in [5, 5.41) is 2.62. The Morgan fingerprint density at radius 2 is 1.96 bits per heavy atom. The fraction of sp³-hybridized carbons (Fsp3) is 0.556. The van der Waals surface area contributed by atoms with Crippen molar-refractivity contribution < 1.29 is 19.1 Å². The molecule has 0 radical (unpaired) electrons. The zero-order chi connectivity index (χ0) is 18.9. The van der Waals surface area contributed by atoms with Crippen LogP contribution < -0.4 is 20.5 Å². The molecule has 1 saturated heterocycles. The number of rotatable bonds is 8. The number of methoxy groups -OCH3 is 1. The lowest BCUT2D eigenvalue weighted by Crippen LogP contribution is -2.50. The van der Waals surface area contributed by atoms with Crippen LogP contribution in [-0.4, -0.2) is 81.6 Å². The van der Waals surface area contributed by atoms with Crippen LogP contribution in [0, 0.1) is 0 Å². The molecule has 2 rings (SSSR count). The molecule has 1 aliphatic rings. The number of nitrogens with one attached hydrogen (secondary N) is 1. The van der Waals surface area contributed by atoms with Gasteiger partial charge in [0.15, 0.2) is 0 Å². The van der Waals surface area contributed by atoms with Crippen molar-refractivity contribution in [3.63, 3.8) is 0 Å². The minimum Gasteiger partial charge on any atom is -0.497 e. The van der Waals surface area contributed by atoms with E-state index in [-0.39, 0.29) is 11.8 Å². The number of nitrogens with zero attached hydrogens (tertiary/aromatic N) is 2. The van der Waals surface area contributed by atoms with Crippen LogP contribution in [0.25, 0.3) is 0 Å². The molecule has 0 aromatic heterocycles. The van der Waals surface area contributed by atoms with E-state index in [2.05, 4.69) is 5.32 Å². The Morgan fingerprint density at radius 3 is 2.58 bits per heavy atom. The van der Waals surface area contributed by atoms with Gasteiger partial charge >= 0.3 is 0 Å². The minimum atomic E-state index is -0.0914. The monoisotopic (exact) mass is 364 g/mol. The molecule has 2 amide bonds. The van der Waals surface area contributed by atoms with E-state index in [0.717, 1.165) is 6.42 Å². The Bertz CT molecular complexity index is 615. The van der Waals surface area contributed by atoms with Crippen molar-refractivity contribution in [1.82, 2.24) is 15.1 Å². The summed E-state index contributed by atoms with van der Waals surface area (Å²) in [5.41, 5.74) is 5.99. The third kappa shape index (κ3) is 5.34. The summed E-state index contributed by atoms with van der Waals surface area (Å²) in [5.74, 6) is 1.04. The summed E-state index contributed by atoms with van der Waals surface area (Å²) in [6, 6.07) is 5.23. The normalized spacial score (nSPS) is 14.8. The molecule has 1 aromatic rings. The largest absolute Gasteiger partial charge is 0.497 e. The van der Waals surface area contributed by atoms with E-state index in [1.807, 2.05) is 4.90 Å². The Kier molecular flexibility index (Phi) is 7.68. The molecule has 0 aliphatic carbocycles. The first-order valence-electron chi connectivity index (χ1n) is 8.82. The number of carbonyl (C=O) groups is 2. The molecule has 8 nitrogen and oxygen atoms in total. The predicted octanol–water partition coefficient (Wildman–Crippen LogP) is -0.0734. The topological polar surface area (TPSA) is 97.1 Å². The molecule has 0 atom stereocenters. The number of benzene rings is 1. The van der Waals surface area contributed by atoms with Crippen molar-refractivity contribution in [3.8, 4) is 11.5 Å². The maximum absolute atomic E-state index is 13.0. The van der Waals surface area contributed by atoms with E-state index in [0.29, 0.717) is 62.9 Å². The summed E-state index contributed by atoms with van der Waals surface area (Å²) >= 11 is 0. The third-order valence-corrected chi connectivity index (χ3v) is 4.33. The van der Waals surface area contributed by atoms with E-state index >= 15 is 0 Å². The Balaban J connectivity index is 2.04. The first kappa shape index (κ1) is 20.0. The van der Waals surface area contributed by atoms with E-state index in [4.69, 9.17) is 15.2 Å². The summed E-state index contributed by atoms with van der Waals surface area (Å²) in [6.45, 7) is 3.80. The molecule has 1 aromatic carbocycles. The number of hydrogen-bond donors (Lipinski definition) is 2. The standard InChI is InChI=1S/C18H28N4O4/c1-20-17(23)13-21-7-9-22(10-8-21)18(24)15-12-14(25-2)4-5-16(15)26-11-3-6-19/h4-5,12H,3,6-11,13,19H2,1-2H3,(H,20,23). The molecule has 0 unspecified atom stereocenters. The highest BCUT2D eigenvalue weighted by molar-refractivity contribution is 5.97. The van der Waals surface area contributed by atoms with Crippen molar-refractivity contribution in [2.45, 2.75) is 6.42 Å². The molecular formula is C18H28N4O4. The van der Waals surface area contributed by atoms with Gasteiger partial charge in [-0.15, -0.1) is 0 Å². The second-order valence-corrected chi connectivity index (χ2v) is 6.09. The second-order valence-electron chi connectivity index (χ2n) is 6.09. The summed E-state index contributed by atoms with van der Waals surface area (Å²) in [4.78, 5) is 28.3. The molecular weight excluding hydrogens is 336 g/mol. The molecule has 1 aliphatic heterocycles. The average Bonchev–Trinajstić information content (AvgIpc) is 2.68. The van der Waals surface area contributed by atoms with E-state index in [1.54, 1.807) is 37.3 Å². The predicted molar refractivity (Wildman–Crippen MR) is 98.6 cm³/mol. The second kappa shape index (κ2) is 9.98. The van der Waals surface area contributed by atoms with Crippen molar-refractivity contribution in [2.75, 3.05) is 60.0 Å². The Labute approximate surface area is 154 Å². The van der Waals surface area contributed by atoms with Crippen LogP contribution in [0.3, 0.4) is 0 Å². The van der Waals surface area contributed by atoms with Crippen molar-refractivity contribution in [1.29, 1.82) is 0 Å². The van der Waals surface area contributed by atoms with Crippen LogP contribution in [0.5, 0.6) is 11.5 Å². The first-order chi connectivity index (χ1) is 12.6. The van der Waals surface area contributed by atoms with Gasteiger partial charge in [-0.25, -0.2) is 0 Å². The van der Waals surface area contributed by atoms with Crippen molar-refractivity contribution >= 4 is 11.8 Å². The Morgan fingerprint density at radius 1 is 1.23 bits per heavy atom. The van der Waals surface area contributed by atoms with Gasteiger partial charge in [0.05, 0.1) is 25.8 Å². The number of piperazine rings is 1. The van der Waals surface area contributed by atoms with Gasteiger partial charge in [-0.05, 0) is 31.2 Å². The number of carbonyl (C=O) groups excluding carboxylic acids is 2. The first-order valence-corrected chi connectivity index (χ1v) is 8.82. The van der Waals surface area contributed by atoms with Crippen LogP contribution in [-0.2, 0) is 4.79 Å². The van der Waals surface area contributed by atoms with Gasteiger partial charge < -0.3 is 25.4 Å². The zero-order valence-corrected chi connectivity index (χ0v) is 15.5. The molecule has 1 fully saturated rings. The minimum absolute atomic E-state index is 0.0202. The molecule has 0 bridgehead atoms. The third-order valence-electron chi connectivity index (χ3n) is 4.33. The quantitative estimate of drug-likeness (QED) is 0.627. The molecule has 0 spiro atoms. The summed E-state index contributed by atoms with van der Waals surface area (Å²) in [6.07, 6.45) is 0.720. The molecule has 26 heavy (non-hydrogen) atoms. The maximum Gasteiger partial charge on any atom is 0.257 e. The van der Waals surface area contributed by atoms with Gasteiger partial charge in [0, 0.05) is 33.2 Å². The number of ether oxygens (including phenoxy) is 2. The lowest BCUT2D eigenvalue weighted by molar-refractivity contribution is -0.122. The van der Waals surface area contributed by atoms with Gasteiger partial charge in [0.1, 0.15) is 11.5 Å². The smallest absolute Gasteiger partial charge is 0.257 e. The van der Waals surface area contributed by atoms with Gasteiger partial charge in [0.2, 0.25) is 5.91 Å². The maximum atomic E-state index is 13.0. The average molecular weight is 364 g/mol. The van der Waals surface area contributed by atoms with Gasteiger partial charge in [-0.2, -0.15) is 0 Å². The zero-order valence-electron chi connectivity index (χ0n) is 15.5. The fourth-order valence-electron chi connectivity index (χ4n) is 2.76. The number of nitrogens with two attached hydrogens (primary N) is 1. The molecule has 0 saturated carbocycles. The fourth-order valence-corrected chi connectivity index (χ4v) is 2.76. The van der Waals surface area contributed by atoms with Crippen LogP contribution >= 0.6 is 0 Å². The summed E-state index contributed by atoms with van der Waals surface area (Å²) in [7, 11) is 3.19. The highest BCUT2D eigenvalue weighted by Crippen LogP contribution is 2.26. The van der Waals surface area contributed by atoms with Crippen LogP contribution in [0.4, 0.5) is 0 Å². The highest BCUT2D eigenvalue weighted by atomic mass is 16.5. The van der Waals surface area contributed by atoms with Gasteiger partial charge in [-0.3, -0.25) is 14.5 Å². The number of hydrogen-bond acceptors (Lipinski definition) is 6. The van der Waals surface area contributed by atoms with Crippen molar-refractivity contribution in [3.05, 3.63) is 23.8 Å². The molecule has 1 heterocycles. The van der Waals surface area contributed by atoms with Crippen LogP contribution in [0.1, 0.15) is 16.8 Å². The number of amides is 2. The van der Waals surface area contributed by atoms with E-state index in [1.165, 1.54) is 0 Å². The Hall–Kier alpha value is -2.32. The van der Waals surface area contributed by atoms with Crippen LogP contribution in [0.15, 0.2) is 18.2 Å². The molecule has 8 heteroatoms. The molecule has 3 N–H and O–H groups in total. The van der Waals surface area contributed by atoms with E-state index in [9.17, 15) is 9.59 Å². The highest BCUT2D eigenvalue weighted by Gasteiger charge is 2.25. The SMILES string of the molecule is CNC(=O)CN1CCN(C(=O)c2cc(OC)ccc2OCCCN)CC1. The lowest BCUT2D eigenvalue weighted by Gasteiger charge is -2.34. The van der Waals surface area contributed by atoms with E-state index < -0.39 is 0 Å².